The van der Waals surface area contributed by atoms with Gasteiger partial charge in [-0.15, -0.1) is 0 Å². The Kier molecular flexibility index (Phi) is 9.39. The van der Waals surface area contributed by atoms with E-state index >= 15 is 0 Å². The molecular formula is C21H22Cl2IN3O4. The van der Waals surface area contributed by atoms with Gasteiger partial charge in [0.05, 0.1) is 27.0 Å². The molecule has 1 atom stereocenters. The maximum Gasteiger partial charge on any atom is 0.262 e. The van der Waals surface area contributed by atoms with Gasteiger partial charge in [0.2, 0.25) is 0 Å². The minimum absolute atomic E-state index is 0.0482. The van der Waals surface area contributed by atoms with Gasteiger partial charge >= 0.3 is 0 Å². The molecule has 0 aliphatic carbocycles. The number of hydrogen-bond donors (Lipinski definition) is 3. The number of halogens is 3. The predicted molar refractivity (Wildman–Crippen MR) is 130 cm³/mol. The van der Waals surface area contributed by atoms with Gasteiger partial charge in [-0.2, -0.15) is 5.10 Å². The lowest BCUT2D eigenvalue weighted by atomic mass is 10.0. The van der Waals surface area contributed by atoms with Crippen molar-refractivity contribution in [2.24, 2.45) is 11.0 Å². The maximum absolute atomic E-state index is 12.6. The number of nitrogens with one attached hydrogen (secondary N) is 2. The summed E-state index contributed by atoms with van der Waals surface area (Å²) in [5.41, 5.74) is 3.28. The smallest absolute Gasteiger partial charge is 0.262 e. The zero-order valence-electron chi connectivity index (χ0n) is 17.1. The topological polar surface area (TPSA) is 100 Å². The average molecular weight is 578 g/mol. The second-order valence-corrected chi connectivity index (χ2v) is 8.84. The number of hydrogen-bond acceptors (Lipinski definition) is 5. The van der Waals surface area contributed by atoms with Crippen molar-refractivity contribution in [2.75, 3.05) is 6.61 Å². The van der Waals surface area contributed by atoms with Crippen LogP contribution >= 0.6 is 45.8 Å². The normalized spacial score (nSPS) is 12.1. The van der Waals surface area contributed by atoms with Gasteiger partial charge in [-0.25, -0.2) is 5.43 Å². The fraction of sp³-hybridized carbons (Fsp3) is 0.286. The summed E-state index contributed by atoms with van der Waals surface area (Å²) in [5, 5.41) is 17.3. The summed E-state index contributed by atoms with van der Waals surface area (Å²) in [6.07, 6.45) is 1.43. The van der Waals surface area contributed by atoms with Crippen molar-refractivity contribution in [1.82, 2.24) is 10.7 Å². The van der Waals surface area contributed by atoms with Crippen LogP contribution in [0.15, 0.2) is 35.4 Å². The minimum Gasteiger partial charge on any atom is -0.504 e. The summed E-state index contributed by atoms with van der Waals surface area (Å²) in [6.45, 7) is 5.81. The molecule has 0 aliphatic rings. The molecule has 0 saturated heterocycles. The van der Waals surface area contributed by atoms with Gasteiger partial charge in [0.1, 0.15) is 6.04 Å². The number of hydrazone groups is 1. The Morgan fingerprint density at radius 1 is 1.26 bits per heavy atom. The summed E-state index contributed by atoms with van der Waals surface area (Å²) in [6, 6.07) is 6.97. The summed E-state index contributed by atoms with van der Waals surface area (Å²) in [5.74, 6) is -0.803. The zero-order valence-corrected chi connectivity index (χ0v) is 20.7. The number of ether oxygens (including phenoxy) is 1. The number of amides is 2. The first-order chi connectivity index (χ1) is 14.6. The molecule has 0 aromatic heterocycles. The lowest BCUT2D eigenvalue weighted by Crippen LogP contribution is -2.48. The molecule has 166 valence electrons. The average Bonchev–Trinajstić information content (AvgIpc) is 2.69. The number of phenols is 1. The lowest BCUT2D eigenvalue weighted by Gasteiger charge is -2.20. The molecule has 2 aromatic rings. The Morgan fingerprint density at radius 2 is 1.97 bits per heavy atom. The van der Waals surface area contributed by atoms with Crippen LogP contribution in [-0.2, 0) is 4.79 Å². The molecule has 2 amide bonds. The molecule has 0 saturated carbocycles. The first kappa shape index (κ1) is 25.2. The molecule has 0 radical (unpaired) electrons. The maximum atomic E-state index is 12.6. The van der Waals surface area contributed by atoms with E-state index in [9.17, 15) is 14.7 Å². The van der Waals surface area contributed by atoms with E-state index < -0.39 is 17.9 Å². The molecule has 2 aromatic carbocycles. The number of carbonyl (C=O) groups excluding carboxylic acids is 2. The molecule has 2 rings (SSSR count). The fourth-order valence-electron chi connectivity index (χ4n) is 2.60. The van der Waals surface area contributed by atoms with Crippen LogP contribution < -0.4 is 15.5 Å². The Hall–Kier alpha value is -2.04. The third-order valence-electron chi connectivity index (χ3n) is 4.15. The van der Waals surface area contributed by atoms with E-state index in [1.165, 1.54) is 18.3 Å². The number of rotatable bonds is 8. The van der Waals surface area contributed by atoms with E-state index in [1.54, 1.807) is 32.0 Å². The number of nitrogens with zero attached hydrogens (tertiary/aromatic N) is 1. The molecule has 0 bridgehead atoms. The highest BCUT2D eigenvalue weighted by molar-refractivity contribution is 14.1. The highest BCUT2D eigenvalue weighted by atomic mass is 127. The standard InChI is InChI=1S/C21H22Cl2IN3O4/c1-4-31-17-8-12(7-16(24)19(17)28)10-25-27-21(30)18(11(2)3)26-20(29)14-6-5-13(22)9-15(14)23/h5-11,18,28H,4H2,1-3H3,(H,26,29)(H,27,30). The van der Waals surface area contributed by atoms with E-state index in [-0.39, 0.29) is 22.3 Å². The highest BCUT2D eigenvalue weighted by Gasteiger charge is 2.25. The van der Waals surface area contributed by atoms with Crippen molar-refractivity contribution in [3.63, 3.8) is 0 Å². The quantitative estimate of drug-likeness (QED) is 0.242. The largest absolute Gasteiger partial charge is 0.504 e. The van der Waals surface area contributed by atoms with Crippen LogP contribution in [0.1, 0.15) is 36.7 Å². The fourth-order valence-corrected chi connectivity index (χ4v) is 3.72. The summed E-state index contributed by atoms with van der Waals surface area (Å²) >= 11 is 13.9. The van der Waals surface area contributed by atoms with E-state index in [0.717, 1.165) is 0 Å². The van der Waals surface area contributed by atoms with Crippen molar-refractivity contribution in [3.8, 4) is 11.5 Å². The van der Waals surface area contributed by atoms with Crippen molar-refractivity contribution < 1.29 is 19.4 Å². The van der Waals surface area contributed by atoms with Crippen molar-refractivity contribution >= 4 is 63.8 Å². The lowest BCUT2D eigenvalue weighted by molar-refractivity contribution is -0.123. The van der Waals surface area contributed by atoms with E-state index in [0.29, 0.717) is 26.5 Å². The Labute approximate surface area is 204 Å². The van der Waals surface area contributed by atoms with E-state index in [2.05, 4.69) is 15.8 Å². The van der Waals surface area contributed by atoms with Crippen LogP contribution in [0.25, 0.3) is 0 Å². The summed E-state index contributed by atoms with van der Waals surface area (Å²) < 4.78 is 5.97. The zero-order chi connectivity index (χ0) is 23.1. The second-order valence-electron chi connectivity index (χ2n) is 6.84. The molecule has 7 nitrogen and oxygen atoms in total. The monoisotopic (exact) mass is 577 g/mol. The molecular weight excluding hydrogens is 556 g/mol. The van der Waals surface area contributed by atoms with E-state index in [1.807, 2.05) is 29.5 Å². The first-order valence-electron chi connectivity index (χ1n) is 9.38. The van der Waals surface area contributed by atoms with Crippen molar-refractivity contribution in [1.29, 1.82) is 0 Å². The third-order valence-corrected chi connectivity index (χ3v) is 5.52. The van der Waals surface area contributed by atoms with Crippen LogP contribution in [-0.4, -0.2) is 35.8 Å². The highest BCUT2D eigenvalue weighted by Crippen LogP contribution is 2.32. The van der Waals surface area contributed by atoms with Crippen LogP contribution in [0.4, 0.5) is 0 Å². The van der Waals surface area contributed by atoms with Crippen LogP contribution in [0.3, 0.4) is 0 Å². The minimum atomic E-state index is -0.838. The van der Waals surface area contributed by atoms with E-state index in [4.69, 9.17) is 27.9 Å². The molecule has 0 fully saturated rings. The van der Waals surface area contributed by atoms with Crippen LogP contribution in [0, 0.1) is 9.49 Å². The van der Waals surface area contributed by atoms with Crippen LogP contribution in [0.5, 0.6) is 11.5 Å². The summed E-state index contributed by atoms with van der Waals surface area (Å²) in [4.78, 5) is 25.2. The Balaban J connectivity index is 2.10. The number of benzene rings is 2. The molecule has 10 heteroatoms. The molecule has 0 heterocycles. The van der Waals surface area contributed by atoms with Crippen LogP contribution in [0.2, 0.25) is 10.0 Å². The SMILES string of the molecule is CCOc1cc(C=NNC(=O)C(NC(=O)c2ccc(Cl)cc2Cl)C(C)C)cc(I)c1O. The van der Waals surface area contributed by atoms with Gasteiger partial charge in [0.25, 0.3) is 11.8 Å². The van der Waals surface area contributed by atoms with Gasteiger partial charge < -0.3 is 15.2 Å². The summed E-state index contributed by atoms with van der Waals surface area (Å²) in [7, 11) is 0. The number of aromatic hydroxyl groups is 1. The number of phenolic OH excluding ortho intramolecular Hbond substituents is 1. The van der Waals surface area contributed by atoms with Gasteiger partial charge in [-0.05, 0) is 71.3 Å². The van der Waals surface area contributed by atoms with Gasteiger partial charge in [0.15, 0.2) is 11.5 Å². The first-order valence-corrected chi connectivity index (χ1v) is 11.2. The molecule has 1 unspecified atom stereocenters. The molecule has 31 heavy (non-hydrogen) atoms. The number of carbonyl (C=O) groups is 2. The molecule has 0 aliphatic heterocycles. The van der Waals surface area contributed by atoms with Crippen molar-refractivity contribution in [2.45, 2.75) is 26.8 Å². The second kappa shape index (κ2) is 11.5. The van der Waals surface area contributed by atoms with Crippen molar-refractivity contribution in [3.05, 3.63) is 55.1 Å². The molecule has 3 N–H and O–H groups in total. The molecule has 0 spiro atoms. The Bertz CT molecular complexity index is 999. The predicted octanol–water partition coefficient (Wildman–Crippen LogP) is 4.61. The third kappa shape index (κ3) is 6.98. The van der Waals surface area contributed by atoms with Gasteiger partial charge in [-0.1, -0.05) is 37.0 Å². The van der Waals surface area contributed by atoms with Gasteiger partial charge in [-0.3, -0.25) is 9.59 Å². The van der Waals surface area contributed by atoms with Gasteiger partial charge in [0, 0.05) is 5.02 Å². The Morgan fingerprint density at radius 3 is 2.58 bits per heavy atom.